The van der Waals surface area contributed by atoms with E-state index in [0.717, 1.165) is 22.7 Å². The van der Waals surface area contributed by atoms with Gasteiger partial charge in [0.25, 0.3) is 6.71 Å². The molecule has 88 heavy (non-hydrogen) atoms. The van der Waals surface area contributed by atoms with Gasteiger partial charge in [0.15, 0.2) is 0 Å². The van der Waals surface area contributed by atoms with Gasteiger partial charge in [-0.2, -0.15) is 0 Å². The fraction of sp³-hybridized carbons (Fsp3) is 0.253. The van der Waals surface area contributed by atoms with E-state index in [1.54, 1.807) is 0 Å². The zero-order valence-corrected chi connectivity index (χ0v) is 54.9. The van der Waals surface area contributed by atoms with Crippen LogP contribution in [-0.4, -0.2) is 6.71 Å². The summed E-state index contributed by atoms with van der Waals surface area (Å²) in [6.07, 6.45) is 0. The van der Waals surface area contributed by atoms with Crippen molar-refractivity contribution in [3.63, 3.8) is 0 Å². The first-order valence-corrected chi connectivity index (χ1v) is 32.7. The predicted octanol–water partition coefficient (Wildman–Crippen LogP) is 21.3. The van der Waals surface area contributed by atoms with E-state index in [9.17, 15) is 0 Å². The van der Waals surface area contributed by atoms with Gasteiger partial charge in [0.2, 0.25) is 0 Å². The number of anilines is 9. The van der Waals surface area contributed by atoms with Gasteiger partial charge < -0.3 is 14.7 Å². The number of thiophene rings is 1. The van der Waals surface area contributed by atoms with Crippen LogP contribution in [0.4, 0.5) is 51.2 Å². The van der Waals surface area contributed by atoms with Crippen LogP contribution in [0, 0.1) is 0 Å². The molecule has 0 saturated heterocycles. The lowest BCUT2D eigenvalue weighted by Gasteiger charge is -2.44. The smallest absolute Gasteiger partial charge is 0.264 e. The first kappa shape index (κ1) is 56.2. The summed E-state index contributed by atoms with van der Waals surface area (Å²) >= 11 is 1.99. The van der Waals surface area contributed by atoms with Crippen molar-refractivity contribution in [2.75, 3.05) is 14.7 Å². The van der Waals surface area contributed by atoms with Crippen LogP contribution in [0.5, 0.6) is 0 Å². The summed E-state index contributed by atoms with van der Waals surface area (Å²) in [5.41, 5.74) is 29.5. The third kappa shape index (κ3) is 8.42. The second-order valence-electron chi connectivity index (χ2n) is 30.6. The van der Waals surface area contributed by atoms with Crippen molar-refractivity contribution in [1.82, 2.24) is 0 Å². The standard InChI is InChI=1S/C83H80BN3S/c1-78(2,3)51-31-39-56(40-32-51)85(57-41-33-52(34-42-57)79(4,5)6)72-50-59(49-67-74(72)62-25-18-21-28-66(62)83(67)64-26-19-16-23-60(64)61-24-17-20-27-65(61)83)86-69-45-37-55(82(13,14)15)48-68(69)84-75-70(86)29-22-30-71(75)87(58-43-35-53(36-44-58)80(7,8)9)76-63-47-54(81(10,11)12)38-46-73(63)88-77(76)84/h16-50H,1-15H3. The molecular weight excluding hydrogens is 1080 g/mol. The molecule has 0 bridgehead atoms. The predicted molar refractivity (Wildman–Crippen MR) is 380 cm³/mol. The first-order valence-electron chi connectivity index (χ1n) is 31.9. The molecule has 1 aromatic heterocycles. The van der Waals surface area contributed by atoms with Gasteiger partial charge in [0.05, 0.1) is 16.8 Å². The van der Waals surface area contributed by atoms with E-state index >= 15 is 0 Å². The lowest BCUT2D eigenvalue weighted by atomic mass is 9.36. The molecule has 0 atom stereocenters. The van der Waals surface area contributed by atoms with Crippen molar-refractivity contribution in [2.24, 2.45) is 0 Å². The molecule has 11 aromatic rings. The highest BCUT2D eigenvalue weighted by atomic mass is 32.1. The molecule has 0 unspecified atom stereocenters. The SMILES string of the molecule is CC(C)(C)c1ccc(N(c2ccc(C(C)(C)C)cc2)c2cc(N3c4ccc(C(C)(C)C)cc4B4c5sc6ccc(C(C)(C)C)cc6c5N(c5ccc(C(C)(C)C)cc5)c5cccc3c54)cc3c2-c2ccccc2C32c3ccccc3-c3ccccc32)cc1. The molecule has 3 heterocycles. The van der Waals surface area contributed by atoms with Crippen LogP contribution in [0.3, 0.4) is 0 Å². The van der Waals surface area contributed by atoms with Gasteiger partial charge in [-0.1, -0.05) is 237 Å². The first-order chi connectivity index (χ1) is 41.8. The highest BCUT2D eigenvalue weighted by molar-refractivity contribution is 7.33. The van der Waals surface area contributed by atoms with E-state index in [2.05, 4.69) is 331 Å². The third-order valence-corrected chi connectivity index (χ3v) is 21.1. The van der Waals surface area contributed by atoms with E-state index in [1.807, 2.05) is 11.3 Å². The minimum atomic E-state index is -0.622. The monoisotopic (exact) mass is 1160 g/mol. The van der Waals surface area contributed by atoms with Gasteiger partial charge in [-0.3, -0.25) is 0 Å². The van der Waals surface area contributed by atoms with Gasteiger partial charge in [-0.05, 0) is 184 Å². The van der Waals surface area contributed by atoms with E-state index in [0.29, 0.717) is 0 Å². The topological polar surface area (TPSA) is 9.72 Å². The molecule has 0 fully saturated rings. The van der Waals surface area contributed by atoms with Crippen molar-refractivity contribution in [3.05, 3.63) is 262 Å². The van der Waals surface area contributed by atoms with Crippen molar-refractivity contribution in [3.8, 4) is 22.3 Å². The lowest BCUT2D eigenvalue weighted by molar-refractivity contribution is 0.590. The fourth-order valence-corrected chi connectivity index (χ4v) is 16.4. The van der Waals surface area contributed by atoms with E-state index in [4.69, 9.17) is 0 Å². The lowest BCUT2D eigenvalue weighted by Crippen LogP contribution is -2.60. The Labute approximate surface area is 527 Å². The molecule has 15 rings (SSSR count). The second-order valence-corrected chi connectivity index (χ2v) is 31.7. The molecule has 2 aliphatic carbocycles. The largest absolute Gasteiger partial charge is 0.311 e. The van der Waals surface area contributed by atoms with Crippen LogP contribution in [0.25, 0.3) is 32.3 Å². The summed E-state index contributed by atoms with van der Waals surface area (Å²) in [6, 6.07) is 83.3. The quantitative estimate of drug-likeness (QED) is 0.159. The maximum absolute atomic E-state index is 2.67. The summed E-state index contributed by atoms with van der Waals surface area (Å²) in [5.74, 6) is 0. The number of fused-ring (bicyclic) bond motifs is 16. The average Bonchev–Trinajstić information content (AvgIpc) is 1.47. The van der Waals surface area contributed by atoms with Gasteiger partial charge in [0.1, 0.15) is 0 Å². The normalized spacial score (nSPS) is 14.6. The van der Waals surface area contributed by atoms with Crippen molar-refractivity contribution < 1.29 is 0 Å². The highest BCUT2D eigenvalue weighted by Crippen LogP contribution is 2.66. The van der Waals surface area contributed by atoms with E-state index < -0.39 is 5.41 Å². The summed E-state index contributed by atoms with van der Waals surface area (Å²) in [7, 11) is 0. The Morgan fingerprint density at radius 2 is 0.830 bits per heavy atom. The van der Waals surface area contributed by atoms with Crippen molar-refractivity contribution in [1.29, 1.82) is 0 Å². The Bertz CT molecular complexity index is 4540. The summed E-state index contributed by atoms with van der Waals surface area (Å²) in [5, 5.41) is 1.32. The van der Waals surface area contributed by atoms with Gasteiger partial charge in [-0.15, -0.1) is 11.3 Å². The molecule has 4 aliphatic rings. The molecule has 2 aliphatic heterocycles. The molecule has 1 spiro atoms. The maximum atomic E-state index is 2.67. The molecule has 5 heteroatoms. The van der Waals surface area contributed by atoms with Crippen LogP contribution in [-0.2, 0) is 32.5 Å². The Balaban J connectivity index is 1.08. The summed E-state index contributed by atoms with van der Waals surface area (Å²) in [6.45, 7) is 34.9. The molecular formula is C83H80BN3S. The Morgan fingerprint density at radius 3 is 1.36 bits per heavy atom. The Hall–Kier alpha value is -8.38. The van der Waals surface area contributed by atoms with Gasteiger partial charge in [0, 0.05) is 60.2 Å². The van der Waals surface area contributed by atoms with Crippen LogP contribution >= 0.6 is 11.3 Å². The molecule has 10 aromatic carbocycles. The average molecular weight is 1160 g/mol. The Kier molecular flexibility index (Phi) is 12.3. The minimum Gasteiger partial charge on any atom is -0.311 e. The van der Waals surface area contributed by atoms with Crippen LogP contribution in [0.15, 0.2) is 212 Å². The van der Waals surface area contributed by atoms with Crippen molar-refractivity contribution >= 4 is 95.0 Å². The molecule has 3 nitrogen and oxygen atoms in total. The number of rotatable bonds is 5. The highest BCUT2D eigenvalue weighted by Gasteiger charge is 2.54. The number of hydrogen-bond acceptors (Lipinski definition) is 4. The molecule has 0 saturated carbocycles. The number of benzene rings is 10. The zero-order valence-electron chi connectivity index (χ0n) is 54.0. The third-order valence-electron chi connectivity index (χ3n) is 19.8. The summed E-state index contributed by atoms with van der Waals surface area (Å²) in [4.78, 5) is 7.89. The minimum absolute atomic E-state index is 0.00685. The molecule has 0 radical (unpaired) electrons. The Morgan fingerprint density at radius 1 is 0.375 bits per heavy atom. The molecule has 0 amide bonds. The van der Waals surface area contributed by atoms with Crippen LogP contribution in [0.1, 0.15) is 154 Å². The van der Waals surface area contributed by atoms with Gasteiger partial charge >= 0.3 is 0 Å². The summed E-state index contributed by atoms with van der Waals surface area (Å²) < 4.78 is 2.70. The van der Waals surface area contributed by atoms with Crippen LogP contribution < -0.4 is 30.4 Å². The van der Waals surface area contributed by atoms with E-state index in [-0.39, 0.29) is 33.8 Å². The number of nitrogens with zero attached hydrogens (tertiary/aromatic N) is 3. The maximum Gasteiger partial charge on any atom is 0.264 e. The number of hydrogen-bond donors (Lipinski definition) is 0. The zero-order chi connectivity index (χ0) is 61.4. The fourth-order valence-electron chi connectivity index (χ4n) is 15.1. The van der Waals surface area contributed by atoms with Crippen molar-refractivity contribution in [2.45, 2.75) is 136 Å². The van der Waals surface area contributed by atoms with E-state index in [1.165, 1.54) is 127 Å². The van der Waals surface area contributed by atoms with Gasteiger partial charge in [-0.25, -0.2) is 0 Å². The van der Waals surface area contributed by atoms with Crippen LogP contribution in [0.2, 0.25) is 0 Å². The molecule has 0 N–H and O–H groups in total. The second kappa shape index (κ2) is 19.3. The molecule has 436 valence electrons.